The van der Waals surface area contributed by atoms with Crippen LogP contribution in [0.4, 0.5) is 0 Å². The molecule has 3 nitrogen and oxygen atoms in total. The van der Waals surface area contributed by atoms with E-state index in [1.807, 2.05) is 0 Å². The Hall–Kier alpha value is -1.38. The summed E-state index contributed by atoms with van der Waals surface area (Å²) in [6.07, 6.45) is 0.465. The van der Waals surface area contributed by atoms with E-state index >= 15 is 0 Å². The normalized spacial score (nSPS) is 9.83. The largest absolute Gasteiger partial charge is 0.326 e. The molecule has 64 valence electrons. The Balaban J connectivity index is 3.18. The molecular formula is C9H11NO2. The van der Waals surface area contributed by atoms with Crippen LogP contribution in [0.25, 0.3) is 0 Å². The first kappa shape index (κ1) is 8.71. The van der Waals surface area contributed by atoms with Crippen LogP contribution < -0.4 is 5.56 Å². The number of aryl methyl sites for hydroxylation is 1. The van der Waals surface area contributed by atoms with Crippen molar-refractivity contribution in [2.24, 2.45) is 0 Å². The smallest absolute Gasteiger partial charge is 0.248 e. The van der Waals surface area contributed by atoms with E-state index in [0.717, 1.165) is 0 Å². The summed E-state index contributed by atoms with van der Waals surface area (Å²) in [7, 11) is 0. The van der Waals surface area contributed by atoms with Crippen molar-refractivity contribution in [2.45, 2.75) is 20.3 Å². The molecule has 0 aliphatic rings. The zero-order valence-electron chi connectivity index (χ0n) is 7.18. The number of Topliss-reactive ketones (excluding diaryl/α,β-unsaturated/α-hetero) is 1. The lowest BCUT2D eigenvalue weighted by Gasteiger charge is -2.00. The molecule has 1 aromatic heterocycles. The molecule has 0 fully saturated rings. The maximum atomic E-state index is 11.2. The van der Waals surface area contributed by atoms with E-state index in [9.17, 15) is 9.59 Å². The number of hydrogen-bond acceptors (Lipinski definition) is 2. The van der Waals surface area contributed by atoms with Crippen LogP contribution in [0, 0.1) is 6.92 Å². The molecule has 0 radical (unpaired) electrons. The van der Waals surface area contributed by atoms with E-state index in [0.29, 0.717) is 17.7 Å². The number of pyridine rings is 1. The summed E-state index contributed by atoms with van der Waals surface area (Å²) in [5.74, 6) is 0.0590. The first-order valence-corrected chi connectivity index (χ1v) is 3.88. The van der Waals surface area contributed by atoms with Gasteiger partial charge in [-0.2, -0.15) is 0 Å². The molecule has 0 saturated heterocycles. The van der Waals surface area contributed by atoms with Crippen LogP contribution >= 0.6 is 0 Å². The molecule has 12 heavy (non-hydrogen) atoms. The zero-order chi connectivity index (χ0) is 9.14. The molecule has 0 aliphatic heterocycles. The second-order valence-corrected chi connectivity index (χ2v) is 2.64. The van der Waals surface area contributed by atoms with Gasteiger partial charge in [0.15, 0.2) is 5.78 Å². The Kier molecular flexibility index (Phi) is 2.43. The summed E-state index contributed by atoms with van der Waals surface area (Å²) in [6.45, 7) is 3.52. The predicted molar refractivity (Wildman–Crippen MR) is 46.4 cm³/mol. The number of carbonyl (C=O) groups is 1. The van der Waals surface area contributed by atoms with Crippen molar-refractivity contribution >= 4 is 5.78 Å². The molecule has 1 heterocycles. The SMILES string of the molecule is CCC(=O)c1ccc(=O)[nH]c1C. The van der Waals surface area contributed by atoms with Crippen molar-refractivity contribution in [1.82, 2.24) is 4.98 Å². The van der Waals surface area contributed by atoms with Crippen molar-refractivity contribution in [3.05, 3.63) is 33.7 Å². The minimum atomic E-state index is -0.167. The van der Waals surface area contributed by atoms with E-state index < -0.39 is 0 Å². The number of H-pyrrole nitrogens is 1. The minimum Gasteiger partial charge on any atom is -0.326 e. The number of hydrogen-bond donors (Lipinski definition) is 1. The fourth-order valence-electron chi connectivity index (χ4n) is 1.07. The van der Waals surface area contributed by atoms with Crippen LogP contribution in [-0.2, 0) is 0 Å². The average Bonchev–Trinajstić information content (AvgIpc) is 2.03. The molecule has 1 N–H and O–H groups in total. The first-order chi connectivity index (χ1) is 5.65. The highest BCUT2D eigenvalue weighted by molar-refractivity contribution is 5.96. The quantitative estimate of drug-likeness (QED) is 0.671. The summed E-state index contributed by atoms with van der Waals surface area (Å²) >= 11 is 0. The Labute approximate surface area is 70.4 Å². The summed E-state index contributed by atoms with van der Waals surface area (Å²) < 4.78 is 0. The second kappa shape index (κ2) is 3.34. The number of nitrogens with one attached hydrogen (secondary N) is 1. The van der Waals surface area contributed by atoms with Crippen molar-refractivity contribution in [2.75, 3.05) is 0 Å². The van der Waals surface area contributed by atoms with Gasteiger partial charge in [-0.1, -0.05) is 6.92 Å². The van der Waals surface area contributed by atoms with Gasteiger partial charge in [0.25, 0.3) is 0 Å². The molecule has 0 atom stereocenters. The van der Waals surface area contributed by atoms with Gasteiger partial charge < -0.3 is 4.98 Å². The van der Waals surface area contributed by atoms with E-state index in [-0.39, 0.29) is 11.3 Å². The topological polar surface area (TPSA) is 49.9 Å². The van der Waals surface area contributed by atoms with Gasteiger partial charge in [0.2, 0.25) is 5.56 Å². The van der Waals surface area contributed by atoms with Crippen LogP contribution in [0.2, 0.25) is 0 Å². The minimum absolute atomic E-state index is 0.0590. The number of aromatic nitrogens is 1. The molecule has 1 rings (SSSR count). The van der Waals surface area contributed by atoms with Crippen LogP contribution in [0.1, 0.15) is 29.4 Å². The van der Waals surface area contributed by atoms with Gasteiger partial charge in [-0.3, -0.25) is 9.59 Å². The molecule has 1 aromatic rings. The van der Waals surface area contributed by atoms with Crippen LogP contribution in [0.5, 0.6) is 0 Å². The van der Waals surface area contributed by atoms with Crippen LogP contribution in [0.15, 0.2) is 16.9 Å². The standard InChI is InChI=1S/C9H11NO2/c1-3-8(11)7-4-5-9(12)10-6(7)2/h4-5H,3H2,1-2H3,(H,10,12). The molecule has 0 bridgehead atoms. The van der Waals surface area contributed by atoms with Crippen molar-refractivity contribution < 1.29 is 4.79 Å². The summed E-state index contributed by atoms with van der Waals surface area (Å²) in [6, 6.07) is 2.94. The van der Waals surface area contributed by atoms with Crippen molar-refractivity contribution in [1.29, 1.82) is 0 Å². The Morgan fingerprint density at radius 1 is 1.50 bits per heavy atom. The highest BCUT2D eigenvalue weighted by atomic mass is 16.1. The summed E-state index contributed by atoms with van der Waals surface area (Å²) in [5.41, 5.74) is 1.09. The zero-order valence-corrected chi connectivity index (χ0v) is 7.18. The first-order valence-electron chi connectivity index (χ1n) is 3.88. The maximum Gasteiger partial charge on any atom is 0.248 e. The number of rotatable bonds is 2. The molecule has 0 aliphatic carbocycles. The fraction of sp³-hybridized carbons (Fsp3) is 0.333. The summed E-state index contributed by atoms with van der Waals surface area (Å²) in [5, 5.41) is 0. The van der Waals surface area contributed by atoms with Crippen molar-refractivity contribution in [3.8, 4) is 0 Å². The third-order valence-electron chi connectivity index (χ3n) is 1.74. The van der Waals surface area contributed by atoms with Gasteiger partial charge in [-0.05, 0) is 13.0 Å². The van der Waals surface area contributed by atoms with Gasteiger partial charge in [-0.15, -0.1) is 0 Å². The van der Waals surface area contributed by atoms with E-state index in [4.69, 9.17) is 0 Å². The Morgan fingerprint density at radius 2 is 2.17 bits per heavy atom. The van der Waals surface area contributed by atoms with E-state index in [1.165, 1.54) is 6.07 Å². The van der Waals surface area contributed by atoms with Crippen LogP contribution in [-0.4, -0.2) is 10.8 Å². The Morgan fingerprint density at radius 3 is 2.67 bits per heavy atom. The number of aromatic amines is 1. The highest BCUT2D eigenvalue weighted by Crippen LogP contribution is 2.04. The fourth-order valence-corrected chi connectivity index (χ4v) is 1.07. The van der Waals surface area contributed by atoms with E-state index in [2.05, 4.69) is 4.98 Å². The number of carbonyl (C=O) groups excluding carboxylic acids is 1. The molecule has 3 heteroatoms. The lowest BCUT2D eigenvalue weighted by molar-refractivity contribution is 0.0987. The summed E-state index contributed by atoms with van der Waals surface area (Å²) in [4.78, 5) is 24.6. The molecule has 0 aromatic carbocycles. The van der Waals surface area contributed by atoms with Gasteiger partial charge in [0.05, 0.1) is 0 Å². The van der Waals surface area contributed by atoms with Crippen LogP contribution in [0.3, 0.4) is 0 Å². The molecular weight excluding hydrogens is 154 g/mol. The molecule has 0 spiro atoms. The third kappa shape index (κ3) is 1.61. The molecule has 0 unspecified atom stereocenters. The van der Waals surface area contributed by atoms with Gasteiger partial charge >= 0.3 is 0 Å². The number of ketones is 1. The lowest BCUT2D eigenvalue weighted by Crippen LogP contribution is -2.10. The lowest BCUT2D eigenvalue weighted by atomic mass is 10.1. The predicted octanol–water partition coefficient (Wildman–Crippen LogP) is 1.28. The maximum absolute atomic E-state index is 11.2. The van der Waals surface area contributed by atoms with E-state index in [1.54, 1.807) is 19.9 Å². The Bertz CT molecular complexity index is 352. The average molecular weight is 165 g/mol. The van der Waals surface area contributed by atoms with Gasteiger partial charge in [-0.25, -0.2) is 0 Å². The van der Waals surface area contributed by atoms with Crippen molar-refractivity contribution in [3.63, 3.8) is 0 Å². The second-order valence-electron chi connectivity index (χ2n) is 2.64. The third-order valence-corrected chi connectivity index (χ3v) is 1.74. The van der Waals surface area contributed by atoms with Gasteiger partial charge in [0, 0.05) is 23.7 Å². The molecule has 0 saturated carbocycles. The van der Waals surface area contributed by atoms with Gasteiger partial charge in [0.1, 0.15) is 0 Å². The highest BCUT2D eigenvalue weighted by Gasteiger charge is 2.05. The molecule has 0 amide bonds. The monoisotopic (exact) mass is 165 g/mol.